The van der Waals surface area contributed by atoms with Crippen LogP contribution >= 0.6 is 0 Å². The summed E-state index contributed by atoms with van der Waals surface area (Å²) in [6.07, 6.45) is 0.584. The molecular weight excluding hydrogens is 418 g/mol. The molecule has 32 heavy (non-hydrogen) atoms. The molecule has 3 N–H and O–H groups in total. The van der Waals surface area contributed by atoms with Crippen LogP contribution in [0.1, 0.15) is 56.9 Å². The monoisotopic (exact) mass is 450 g/mol. The van der Waals surface area contributed by atoms with Gasteiger partial charge in [-0.25, -0.2) is 8.78 Å². The second kappa shape index (κ2) is 9.52. The van der Waals surface area contributed by atoms with E-state index in [0.29, 0.717) is 24.8 Å². The molecule has 0 spiro atoms. The van der Waals surface area contributed by atoms with Gasteiger partial charge in [-0.15, -0.1) is 0 Å². The molecule has 0 bridgehead atoms. The number of nitrogens with zero attached hydrogens (tertiary/aromatic N) is 2. The van der Waals surface area contributed by atoms with E-state index in [2.05, 4.69) is 15.7 Å². The van der Waals surface area contributed by atoms with E-state index in [1.807, 2.05) is 39.0 Å². The summed E-state index contributed by atoms with van der Waals surface area (Å²) < 4.78 is 28.8. The molecule has 7 nitrogen and oxygen atoms in total. The number of hydrogen-bond acceptors (Lipinski definition) is 4. The zero-order valence-corrected chi connectivity index (χ0v) is 18.8. The van der Waals surface area contributed by atoms with Crippen molar-refractivity contribution in [2.24, 2.45) is 11.3 Å². The molecule has 3 rings (SSSR count). The number of benzene rings is 1. The van der Waals surface area contributed by atoms with E-state index in [9.17, 15) is 18.4 Å². The van der Waals surface area contributed by atoms with Crippen LogP contribution in [0.25, 0.3) is 10.9 Å². The number of nitrogens with one attached hydrogen (secondary N) is 2. The number of para-hydroxylation sites is 1. The first-order chi connectivity index (χ1) is 15.0. The second-order valence-electron chi connectivity index (χ2n) is 9.63. The Balaban J connectivity index is 1.83. The molecule has 2 amide bonds. The summed E-state index contributed by atoms with van der Waals surface area (Å²) in [5, 5.41) is 19.6. The SMILES string of the molecule is CC(C)(C)C(NC(=O)c1nn(CC2CCC(F)(F)CC2)c2ccccc12)C(=O)NCCO. The number of alkyl halides is 2. The number of fused-ring (bicyclic) bond motifs is 1. The number of carbonyl (C=O) groups excluding carboxylic acids is 2. The third-order valence-corrected chi connectivity index (χ3v) is 5.96. The molecule has 0 aliphatic heterocycles. The molecule has 2 aromatic rings. The van der Waals surface area contributed by atoms with Crippen LogP contribution in [0, 0.1) is 11.3 Å². The molecule has 1 saturated carbocycles. The quantitative estimate of drug-likeness (QED) is 0.604. The summed E-state index contributed by atoms with van der Waals surface area (Å²) in [6, 6.07) is 6.47. The van der Waals surface area contributed by atoms with Crippen LogP contribution in [0.2, 0.25) is 0 Å². The van der Waals surface area contributed by atoms with Crippen molar-refractivity contribution in [3.05, 3.63) is 30.0 Å². The van der Waals surface area contributed by atoms with Crippen LogP contribution in [-0.4, -0.2) is 51.8 Å². The molecule has 1 aromatic carbocycles. The maximum atomic E-state index is 13.5. The highest BCUT2D eigenvalue weighted by Crippen LogP contribution is 2.37. The summed E-state index contributed by atoms with van der Waals surface area (Å²) in [6.45, 7) is 5.88. The van der Waals surface area contributed by atoms with Crippen molar-refractivity contribution in [1.29, 1.82) is 0 Å². The average Bonchev–Trinajstić information content (AvgIpc) is 3.09. The molecule has 1 fully saturated rings. The van der Waals surface area contributed by atoms with Gasteiger partial charge in [0.05, 0.1) is 12.1 Å². The fourth-order valence-electron chi connectivity index (χ4n) is 4.12. The summed E-state index contributed by atoms with van der Waals surface area (Å²) in [7, 11) is 0. The summed E-state index contributed by atoms with van der Waals surface area (Å²) in [5.74, 6) is -3.38. The lowest BCUT2D eigenvalue weighted by molar-refractivity contribution is -0.125. The number of halogens is 2. The van der Waals surface area contributed by atoms with Crippen molar-refractivity contribution in [2.45, 2.75) is 65.0 Å². The van der Waals surface area contributed by atoms with Gasteiger partial charge in [0.1, 0.15) is 6.04 Å². The molecular formula is C23H32F2N4O3. The molecule has 1 aliphatic carbocycles. The van der Waals surface area contributed by atoms with Gasteiger partial charge in [-0.05, 0) is 30.2 Å². The first kappa shape index (κ1) is 24.1. The largest absolute Gasteiger partial charge is 0.395 e. The van der Waals surface area contributed by atoms with Crippen molar-refractivity contribution >= 4 is 22.7 Å². The first-order valence-electron chi connectivity index (χ1n) is 11.0. The lowest BCUT2D eigenvalue weighted by Crippen LogP contribution is -2.54. The van der Waals surface area contributed by atoms with E-state index >= 15 is 0 Å². The molecule has 1 aliphatic rings. The smallest absolute Gasteiger partial charge is 0.273 e. The Morgan fingerprint density at radius 3 is 2.53 bits per heavy atom. The van der Waals surface area contributed by atoms with Crippen LogP contribution in [-0.2, 0) is 11.3 Å². The van der Waals surface area contributed by atoms with E-state index in [4.69, 9.17) is 5.11 Å². The van der Waals surface area contributed by atoms with E-state index in [1.54, 1.807) is 10.7 Å². The Kier molecular flexibility index (Phi) is 7.17. The Morgan fingerprint density at radius 1 is 1.25 bits per heavy atom. The van der Waals surface area contributed by atoms with Gasteiger partial charge < -0.3 is 15.7 Å². The molecule has 1 aromatic heterocycles. The third-order valence-electron chi connectivity index (χ3n) is 5.96. The molecule has 0 radical (unpaired) electrons. The first-order valence-corrected chi connectivity index (χ1v) is 11.0. The Labute approximate surface area is 186 Å². The molecule has 1 heterocycles. The van der Waals surface area contributed by atoms with Gasteiger partial charge in [0.2, 0.25) is 11.8 Å². The zero-order chi connectivity index (χ0) is 23.5. The minimum Gasteiger partial charge on any atom is -0.395 e. The molecule has 1 atom stereocenters. The number of hydrogen-bond donors (Lipinski definition) is 3. The molecule has 9 heteroatoms. The van der Waals surface area contributed by atoms with Crippen molar-refractivity contribution in [3.8, 4) is 0 Å². The number of amides is 2. The number of aromatic nitrogens is 2. The lowest BCUT2D eigenvalue weighted by Gasteiger charge is -2.30. The van der Waals surface area contributed by atoms with E-state index < -0.39 is 23.3 Å². The summed E-state index contributed by atoms with van der Waals surface area (Å²) >= 11 is 0. The van der Waals surface area contributed by atoms with Crippen molar-refractivity contribution in [1.82, 2.24) is 20.4 Å². The third kappa shape index (κ3) is 5.62. The van der Waals surface area contributed by atoms with Gasteiger partial charge in [-0.1, -0.05) is 39.0 Å². The maximum Gasteiger partial charge on any atom is 0.273 e. The predicted octanol–water partition coefficient (Wildman–Crippen LogP) is 3.11. The van der Waals surface area contributed by atoms with Gasteiger partial charge in [0, 0.05) is 31.3 Å². The van der Waals surface area contributed by atoms with E-state index in [-0.39, 0.29) is 43.5 Å². The predicted molar refractivity (Wildman–Crippen MR) is 117 cm³/mol. The fourth-order valence-corrected chi connectivity index (χ4v) is 4.12. The van der Waals surface area contributed by atoms with Gasteiger partial charge in [-0.3, -0.25) is 14.3 Å². The number of rotatable bonds is 7. The van der Waals surface area contributed by atoms with Crippen LogP contribution in [0.4, 0.5) is 8.78 Å². The van der Waals surface area contributed by atoms with Gasteiger partial charge >= 0.3 is 0 Å². The molecule has 176 valence electrons. The fraction of sp³-hybridized carbons (Fsp3) is 0.609. The van der Waals surface area contributed by atoms with Crippen LogP contribution in [0.5, 0.6) is 0 Å². The normalized spacial score (nSPS) is 17.8. The highest BCUT2D eigenvalue weighted by Gasteiger charge is 2.36. The van der Waals surface area contributed by atoms with Gasteiger partial charge in [0.15, 0.2) is 5.69 Å². The van der Waals surface area contributed by atoms with E-state index in [0.717, 1.165) is 5.52 Å². The minimum atomic E-state index is -2.59. The number of carbonyl (C=O) groups is 2. The maximum absolute atomic E-state index is 13.5. The Bertz CT molecular complexity index is 958. The Morgan fingerprint density at radius 2 is 1.91 bits per heavy atom. The standard InChI is InChI=1S/C23H32F2N4O3/c1-22(2,3)19(21(32)26-12-13-30)27-20(31)18-16-6-4-5-7-17(16)29(28-18)14-15-8-10-23(24,25)11-9-15/h4-7,15,19,30H,8-14H2,1-3H3,(H,26,32)(H,27,31). The highest BCUT2D eigenvalue weighted by atomic mass is 19.3. The van der Waals surface area contributed by atoms with Crippen LogP contribution in [0.3, 0.4) is 0 Å². The van der Waals surface area contributed by atoms with E-state index in [1.165, 1.54) is 0 Å². The Hall–Kier alpha value is -2.55. The van der Waals surface area contributed by atoms with Crippen LogP contribution in [0.15, 0.2) is 24.3 Å². The molecule has 1 unspecified atom stereocenters. The number of aliphatic hydroxyl groups is 1. The topological polar surface area (TPSA) is 96.2 Å². The lowest BCUT2D eigenvalue weighted by atomic mass is 9.86. The van der Waals surface area contributed by atoms with Crippen LogP contribution < -0.4 is 10.6 Å². The van der Waals surface area contributed by atoms with Crippen molar-refractivity contribution in [2.75, 3.05) is 13.2 Å². The van der Waals surface area contributed by atoms with Gasteiger partial charge in [0.25, 0.3) is 5.91 Å². The summed E-state index contributed by atoms with van der Waals surface area (Å²) in [5.41, 5.74) is 0.388. The molecule has 0 saturated heterocycles. The number of aliphatic hydroxyl groups excluding tert-OH is 1. The zero-order valence-electron chi connectivity index (χ0n) is 18.8. The van der Waals surface area contributed by atoms with Crippen molar-refractivity contribution in [3.63, 3.8) is 0 Å². The highest BCUT2D eigenvalue weighted by molar-refractivity contribution is 6.06. The summed E-state index contributed by atoms with van der Waals surface area (Å²) in [4.78, 5) is 25.7. The second-order valence-corrected chi connectivity index (χ2v) is 9.63. The average molecular weight is 451 g/mol. The minimum absolute atomic E-state index is 0.0698. The van der Waals surface area contributed by atoms with Gasteiger partial charge in [-0.2, -0.15) is 5.10 Å². The van der Waals surface area contributed by atoms with Crippen molar-refractivity contribution < 1.29 is 23.5 Å².